The van der Waals surface area contributed by atoms with Gasteiger partial charge in [0.2, 0.25) is 0 Å². The van der Waals surface area contributed by atoms with E-state index in [1.54, 1.807) is 6.92 Å². The minimum atomic E-state index is -0.623. The van der Waals surface area contributed by atoms with Gasteiger partial charge < -0.3 is 14.2 Å². The number of hydrogen-bond donors (Lipinski definition) is 0. The van der Waals surface area contributed by atoms with Crippen molar-refractivity contribution in [3.8, 4) is 11.5 Å². The quantitative estimate of drug-likeness (QED) is 0.716. The predicted molar refractivity (Wildman–Crippen MR) is 96.0 cm³/mol. The van der Waals surface area contributed by atoms with Gasteiger partial charge in [-0.25, -0.2) is 4.79 Å². The second kappa shape index (κ2) is 8.06. The molecule has 0 aromatic heterocycles. The van der Waals surface area contributed by atoms with E-state index in [0.29, 0.717) is 12.4 Å². The first-order chi connectivity index (χ1) is 12.2. The van der Waals surface area contributed by atoms with Gasteiger partial charge in [-0.2, -0.15) is 0 Å². The first kappa shape index (κ1) is 17.3. The van der Waals surface area contributed by atoms with Crippen molar-refractivity contribution in [3.05, 3.63) is 59.7 Å². The van der Waals surface area contributed by atoms with E-state index in [2.05, 4.69) is 24.3 Å². The molecule has 2 aromatic carbocycles. The summed E-state index contributed by atoms with van der Waals surface area (Å²) in [6.07, 6.45) is 2.23. The molecular weight excluding hydrogens is 316 g/mol. The molecular formula is C21H24O4. The number of benzene rings is 2. The van der Waals surface area contributed by atoms with Gasteiger partial charge in [-0.3, -0.25) is 0 Å². The van der Waals surface area contributed by atoms with Crippen LogP contribution < -0.4 is 9.47 Å². The molecule has 1 atom stereocenters. The Hall–Kier alpha value is -2.49. The Morgan fingerprint density at radius 1 is 1.04 bits per heavy atom. The average molecular weight is 340 g/mol. The molecule has 3 rings (SSSR count). The van der Waals surface area contributed by atoms with Crippen molar-refractivity contribution >= 4 is 5.97 Å². The van der Waals surface area contributed by atoms with E-state index in [1.807, 2.05) is 31.2 Å². The molecule has 0 saturated heterocycles. The summed E-state index contributed by atoms with van der Waals surface area (Å²) in [6.45, 7) is 4.07. The lowest BCUT2D eigenvalue weighted by molar-refractivity contribution is -0.151. The second-order valence-electron chi connectivity index (χ2n) is 6.32. The van der Waals surface area contributed by atoms with E-state index in [1.165, 1.54) is 11.1 Å². The first-order valence-corrected chi connectivity index (χ1v) is 8.82. The Kier molecular flexibility index (Phi) is 5.59. The molecule has 0 aliphatic heterocycles. The van der Waals surface area contributed by atoms with E-state index in [-0.39, 0.29) is 12.1 Å². The van der Waals surface area contributed by atoms with Crippen LogP contribution in [0.3, 0.4) is 0 Å². The molecule has 0 heterocycles. The number of hydrogen-bond acceptors (Lipinski definition) is 4. The number of fused-ring (bicyclic) bond motifs is 1. The molecule has 0 fully saturated rings. The summed E-state index contributed by atoms with van der Waals surface area (Å²) in [5.74, 6) is 1.10. The molecule has 1 aliphatic carbocycles. The second-order valence-corrected chi connectivity index (χ2v) is 6.32. The van der Waals surface area contributed by atoms with Gasteiger partial charge >= 0.3 is 5.97 Å². The maximum absolute atomic E-state index is 11.7. The van der Waals surface area contributed by atoms with Crippen molar-refractivity contribution in [3.63, 3.8) is 0 Å². The normalized spacial score (nSPS) is 14.6. The van der Waals surface area contributed by atoms with Gasteiger partial charge in [0.1, 0.15) is 17.6 Å². The van der Waals surface area contributed by atoms with Gasteiger partial charge in [-0.15, -0.1) is 0 Å². The van der Waals surface area contributed by atoms with Gasteiger partial charge in [-0.1, -0.05) is 31.2 Å². The summed E-state index contributed by atoms with van der Waals surface area (Å²) in [6, 6.07) is 15.9. The summed E-state index contributed by atoms with van der Waals surface area (Å²) >= 11 is 0. The van der Waals surface area contributed by atoms with Crippen LogP contribution in [-0.2, 0) is 22.4 Å². The molecule has 132 valence electrons. The molecule has 0 saturated carbocycles. The molecule has 0 radical (unpaired) electrons. The Morgan fingerprint density at radius 2 is 1.64 bits per heavy atom. The summed E-state index contributed by atoms with van der Waals surface area (Å²) in [5.41, 5.74) is 2.73. The third-order valence-electron chi connectivity index (χ3n) is 4.23. The van der Waals surface area contributed by atoms with Crippen molar-refractivity contribution in [1.82, 2.24) is 0 Å². The van der Waals surface area contributed by atoms with Gasteiger partial charge in [0.05, 0.1) is 6.61 Å². The number of carbonyl (C=O) groups excluding carboxylic acids is 1. The van der Waals surface area contributed by atoms with E-state index in [0.717, 1.165) is 25.0 Å². The largest absolute Gasteiger partial charge is 0.490 e. The van der Waals surface area contributed by atoms with Crippen molar-refractivity contribution in [2.45, 2.75) is 45.3 Å². The smallest absolute Gasteiger partial charge is 0.347 e. The zero-order valence-electron chi connectivity index (χ0n) is 14.7. The van der Waals surface area contributed by atoms with Crippen LogP contribution in [0.15, 0.2) is 48.5 Å². The minimum absolute atomic E-state index is 0.173. The number of esters is 1. The van der Waals surface area contributed by atoms with Gasteiger partial charge in [0, 0.05) is 12.8 Å². The Balaban J connectivity index is 1.52. The molecule has 1 aliphatic rings. The lowest BCUT2D eigenvalue weighted by atomic mass is 10.1. The molecule has 0 bridgehead atoms. The molecule has 2 aromatic rings. The maximum atomic E-state index is 11.7. The van der Waals surface area contributed by atoms with Gasteiger partial charge in [-0.05, 0) is 48.7 Å². The highest BCUT2D eigenvalue weighted by atomic mass is 16.6. The van der Waals surface area contributed by atoms with Crippen LogP contribution in [0, 0.1) is 0 Å². The maximum Gasteiger partial charge on any atom is 0.347 e. The fourth-order valence-electron chi connectivity index (χ4n) is 2.96. The van der Waals surface area contributed by atoms with Crippen LogP contribution >= 0.6 is 0 Å². The zero-order valence-corrected chi connectivity index (χ0v) is 14.7. The lowest BCUT2D eigenvalue weighted by Crippen LogP contribution is -2.26. The molecule has 0 N–H and O–H groups in total. The number of ether oxygens (including phenoxy) is 3. The standard InChI is InChI=1S/C21H24O4/c1-3-12-23-21(22)15(2)24-18-8-10-19(11-9-18)25-20-13-16-6-4-5-7-17(16)14-20/h4-11,15,20H,3,12-14H2,1-2H3. The molecule has 0 amide bonds. The van der Waals surface area contributed by atoms with Crippen molar-refractivity contribution in [2.24, 2.45) is 0 Å². The van der Waals surface area contributed by atoms with Crippen LogP contribution in [-0.4, -0.2) is 24.8 Å². The van der Waals surface area contributed by atoms with E-state index in [4.69, 9.17) is 14.2 Å². The summed E-state index contributed by atoms with van der Waals surface area (Å²) in [7, 11) is 0. The monoisotopic (exact) mass is 340 g/mol. The summed E-state index contributed by atoms with van der Waals surface area (Å²) < 4.78 is 16.8. The van der Waals surface area contributed by atoms with Gasteiger partial charge in [0.15, 0.2) is 6.10 Å². The molecule has 0 spiro atoms. The summed E-state index contributed by atoms with van der Waals surface area (Å²) in [4.78, 5) is 11.7. The van der Waals surface area contributed by atoms with Crippen LogP contribution in [0.5, 0.6) is 11.5 Å². The van der Waals surface area contributed by atoms with Crippen LogP contribution in [0.1, 0.15) is 31.4 Å². The third kappa shape index (κ3) is 4.53. The number of rotatable bonds is 7. The topological polar surface area (TPSA) is 44.8 Å². The minimum Gasteiger partial charge on any atom is -0.490 e. The fraction of sp³-hybridized carbons (Fsp3) is 0.381. The Labute approximate surface area is 148 Å². The lowest BCUT2D eigenvalue weighted by Gasteiger charge is -2.16. The highest BCUT2D eigenvalue weighted by Gasteiger charge is 2.22. The molecule has 4 nitrogen and oxygen atoms in total. The highest BCUT2D eigenvalue weighted by Crippen LogP contribution is 2.27. The van der Waals surface area contributed by atoms with Crippen LogP contribution in [0.4, 0.5) is 0 Å². The predicted octanol–water partition coefficient (Wildman–Crippen LogP) is 3.95. The van der Waals surface area contributed by atoms with Crippen LogP contribution in [0.2, 0.25) is 0 Å². The van der Waals surface area contributed by atoms with E-state index < -0.39 is 6.10 Å². The molecule has 4 heteroatoms. The Morgan fingerprint density at radius 3 is 2.24 bits per heavy atom. The number of carbonyl (C=O) groups is 1. The molecule has 25 heavy (non-hydrogen) atoms. The third-order valence-corrected chi connectivity index (χ3v) is 4.23. The van der Waals surface area contributed by atoms with Crippen molar-refractivity contribution in [2.75, 3.05) is 6.61 Å². The van der Waals surface area contributed by atoms with Gasteiger partial charge in [0.25, 0.3) is 0 Å². The summed E-state index contributed by atoms with van der Waals surface area (Å²) in [5, 5.41) is 0. The average Bonchev–Trinajstić information content (AvgIpc) is 3.03. The SMILES string of the molecule is CCCOC(=O)C(C)Oc1ccc(OC2Cc3ccccc3C2)cc1. The van der Waals surface area contributed by atoms with E-state index >= 15 is 0 Å². The zero-order chi connectivity index (χ0) is 17.6. The highest BCUT2D eigenvalue weighted by molar-refractivity contribution is 5.74. The van der Waals surface area contributed by atoms with Crippen molar-refractivity contribution in [1.29, 1.82) is 0 Å². The molecule has 1 unspecified atom stereocenters. The fourth-order valence-corrected chi connectivity index (χ4v) is 2.96. The Bertz CT molecular complexity index is 683. The first-order valence-electron chi connectivity index (χ1n) is 8.82. The van der Waals surface area contributed by atoms with E-state index in [9.17, 15) is 4.79 Å². The van der Waals surface area contributed by atoms with Crippen LogP contribution in [0.25, 0.3) is 0 Å². The van der Waals surface area contributed by atoms with Crippen molar-refractivity contribution < 1.29 is 19.0 Å².